The summed E-state index contributed by atoms with van der Waals surface area (Å²) in [6.07, 6.45) is 1.61. The van der Waals surface area contributed by atoms with Gasteiger partial charge in [-0.3, -0.25) is 9.59 Å². The highest BCUT2D eigenvalue weighted by atomic mass is 16.4. The first-order chi connectivity index (χ1) is 7.04. The van der Waals surface area contributed by atoms with E-state index in [1.807, 2.05) is 0 Å². The van der Waals surface area contributed by atoms with Crippen molar-refractivity contribution in [2.75, 3.05) is 6.61 Å². The van der Waals surface area contributed by atoms with Gasteiger partial charge in [-0.15, -0.1) is 0 Å². The summed E-state index contributed by atoms with van der Waals surface area (Å²) in [5.41, 5.74) is 0. The summed E-state index contributed by atoms with van der Waals surface area (Å²) in [6, 6.07) is -0.263. The van der Waals surface area contributed by atoms with Crippen LogP contribution in [0, 0.1) is 11.8 Å². The highest BCUT2D eigenvalue weighted by Crippen LogP contribution is 2.31. The van der Waals surface area contributed by atoms with Crippen molar-refractivity contribution in [2.45, 2.75) is 32.2 Å². The first-order valence-corrected chi connectivity index (χ1v) is 5.18. The molecule has 5 heteroatoms. The van der Waals surface area contributed by atoms with Crippen LogP contribution in [0.4, 0.5) is 0 Å². The highest BCUT2D eigenvalue weighted by molar-refractivity contribution is 5.81. The largest absolute Gasteiger partial charge is 0.481 e. The fourth-order valence-corrected chi connectivity index (χ4v) is 1.85. The third-order valence-electron chi connectivity index (χ3n) is 2.82. The van der Waals surface area contributed by atoms with Crippen LogP contribution in [0.25, 0.3) is 0 Å². The molecule has 15 heavy (non-hydrogen) atoms. The molecule has 1 saturated carbocycles. The number of carbonyl (C=O) groups excluding carboxylic acids is 1. The Bertz CT molecular complexity index is 254. The van der Waals surface area contributed by atoms with Crippen LogP contribution < -0.4 is 5.32 Å². The van der Waals surface area contributed by atoms with Crippen molar-refractivity contribution in [1.82, 2.24) is 5.32 Å². The molecule has 2 unspecified atom stereocenters. The molecule has 0 radical (unpaired) electrons. The number of rotatable bonds is 4. The number of aliphatic carboxylic acids is 1. The molecule has 1 amide bonds. The lowest BCUT2D eigenvalue weighted by atomic mass is 10.0. The second-order valence-electron chi connectivity index (χ2n) is 4.14. The van der Waals surface area contributed by atoms with Gasteiger partial charge in [0, 0.05) is 12.0 Å². The van der Waals surface area contributed by atoms with Crippen molar-refractivity contribution in [3.05, 3.63) is 0 Å². The number of nitrogens with one attached hydrogen (secondary N) is 1. The number of aliphatic hydroxyl groups excluding tert-OH is 1. The molecule has 0 bridgehead atoms. The van der Waals surface area contributed by atoms with E-state index >= 15 is 0 Å². The first-order valence-electron chi connectivity index (χ1n) is 5.18. The Morgan fingerprint density at radius 2 is 2.00 bits per heavy atom. The normalized spacial score (nSPS) is 27.3. The van der Waals surface area contributed by atoms with Gasteiger partial charge in [-0.1, -0.05) is 0 Å². The zero-order valence-electron chi connectivity index (χ0n) is 8.77. The molecule has 0 heterocycles. The molecule has 0 aromatic rings. The van der Waals surface area contributed by atoms with Gasteiger partial charge in [-0.05, 0) is 26.2 Å². The van der Waals surface area contributed by atoms with E-state index in [9.17, 15) is 9.59 Å². The quantitative estimate of drug-likeness (QED) is 0.615. The molecule has 0 aliphatic heterocycles. The predicted octanol–water partition coefficient (Wildman–Crippen LogP) is -0.0157. The molecular formula is C10H17NO4. The van der Waals surface area contributed by atoms with E-state index in [2.05, 4.69) is 5.32 Å². The average Bonchev–Trinajstić information content (AvgIpc) is 2.66. The molecule has 0 aromatic carbocycles. The van der Waals surface area contributed by atoms with E-state index in [0.717, 1.165) is 0 Å². The van der Waals surface area contributed by atoms with Gasteiger partial charge < -0.3 is 15.5 Å². The second kappa shape index (κ2) is 5.11. The predicted molar refractivity (Wildman–Crippen MR) is 53.2 cm³/mol. The summed E-state index contributed by atoms with van der Waals surface area (Å²) in [5, 5.41) is 20.2. The van der Waals surface area contributed by atoms with Gasteiger partial charge in [0.2, 0.25) is 5.91 Å². The fourth-order valence-electron chi connectivity index (χ4n) is 1.85. The van der Waals surface area contributed by atoms with E-state index in [-0.39, 0.29) is 30.4 Å². The molecule has 1 fully saturated rings. The number of aliphatic hydroxyl groups is 1. The lowest BCUT2D eigenvalue weighted by Crippen LogP contribution is -2.38. The summed E-state index contributed by atoms with van der Waals surface area (Å²) in [6.45, 7) is 1.61. The Morgan fingerprint density at radius 3 is 2.47 bits per heavy atom. The van der Waals surface area contributed by atoms with Crippen LogP contribution in [-0.2, 0) is 9.59 Å². The average molecular weight is 215 g/mol. The van der Waals surface area contributed by atoms with Gasteiger partial charge in [-0.2, -0.15) is 0 Å². The molecule has 5 nitrogen and oxygen atoms in total. The third kappa shape index (κ3) is 3.20. The number of amides is 1. The summed E-state index contributed by atoms with van der Waals surface area (Å²) < 4.78 is 0. The minimum absolute atomic E-state index is 0.0964. The van der Waals surface area contributed by atoms with E-state index in [1.54, 1.807) is 6.92 Å². The molecule has 3 N–H and O–H groups in total. The van der Waals surface area contributed by atoms with Crippen molar-refractivity contribution < 1.29 is 19.8 Å². The van der Waals surface area contributed by atoms with Gasteiger partial charge in [0.15, 0.2) is 0 Å². The fraction of sp³-hybridized carbons (Fsp3) is 0.800. The Hall–Kier alpha value is -1.10. The van der Waals surface area contributed by atoms with Gasteiger partial charge >= 0.3 is 5.97 Å². The minimum Gasteiger partial charge on any atom is -0.481 e. The van der Waals surface area contributed by atoms with Gasteiger partial charge in [-0.25, -0.2) is 0 Å². The molecule has 1 rings (SSSR count). The summed E-state index contributed by atoms with van der Waals surface area (Å²) in [4.78, 5) is 22.2. The highest BCUT2D eigenvalue weighted by Gasteiger charge is 2.33. The molecule has 0 saturated heterocycles. The van der Waals surface area contributed by atoms with Crippen molar-refractivity contribution >= 4 is 11.9 Å². The van der Waals surface area contributed by atoms with Crippen LogP contribution in [0.3, 0.4) is 0 Å². The van der Waals surface area contributed by atoms with Crippen molar-refractivity contribution in [3.63, 3.8) is 0 Å². The molecular weight excluding hydrogens is 198 g/mol. The summed E-state index contributed by atoms with van der Waals surface area (Å²) in [5.74, 6) is -1.55. The van der Waals surface area contributed by atoms with E-state index < -0.39 is 5.97 Å². The SMILES string of the molecule is C[C@H](CO)NC(=O)C1CCC(C(=O)O)C1. The van der Waals surface area contributed by atoms with Crippen molar-refractivity contribution in [1.29, 1.82) is 0 Å². The minimum atomic E-state index is -0.819. The number of hydrogen-bond acceptors (Lipinski definition) is 3. The van der Waals surface area contributed by atoms with Crippen molar-refractivity contribution in [2.24, 2.45) is 11.8 Å². The van der Waals surface area contributed by atoms with Crippen LogP contribution in [-0.4, -0.2) is 34.7 Å². The molecule has 3 atom stereocenters. The van der Waals surface area contributed by atoms with Crippen LogP contribution in [0.1, 0.15) is 26.2 Å². The summed E-state index contributed by atoms with van der Waals surface area (Å²) >= 11 is 0. The van der Waals surface area contributed by atoms with Crippen molar-refractivity contribution in [3.8, 4) is 0 Å². The van der Waals surface area contributed by atoms with Crippen LogP contribution >= 0.6 is 0 Å². The monoisotopic (exact) mass is 215 g/mol. The number of carbonyl (C=O) groups is 2. The maximum absolute atomic E-state index is 11.6. The molecule has 86 valence electrons. The Morgan fingerprint density at radius 1 is 1.40 bits per heavy atom. The van der Waals surface area contributed by atoms with Crippen LogP contribution in [0.5, 0.6) is 0 Å². The molecule has 0 aromatic heterocycles. The maximum atomic E-state index is 11.6. The van der Waals surface area contributed by atoms with Gasteiger partial charge in [0.25, 0.3) is 0 Å². The standard InChI is InChI=1S/C10H17NO4/c1-6(5-12)11-9(13)7-2-3-8(4-7)10(14)15/h6-8,12H,2-5H2,1H3,(H,11,13)(H,14,15)/t6-,7?,8?/m1/s1. The van der Waals surface area contributed by atoms with E-state index in [0.29, 0.717) is 19.3 Å². The first kappa shape index (κ1) is 12.0. The van der Waals surface area contributed by atoms with E-state index in [4.69, 9.17) is 10.2 Å². The van der Waals surface area contributed by atoms with Crippen LogP contribution in [0.2, 0.25) is 0 Å². The van der Waals surface area contributed by atoms with E-state index in [1.165, 1.54) is 0 Å². The maximum Gasteiger partial charge on any atom is 0.306 e. The topological polar surface area (TPSA) is 86.6 Å². The van der Waals surface area contributed by atoms with Gasteiger partial charge in [0.1, 0.15) is 0 Å². The number of carboxylic acids is 1. The van der Waals surface area contributed by atoms with Gasteiger partial charge in [0.05, 0.1) is 12.5 Å². The zero-order valence-corrected chi connectivity index (χ0v) is 8.77. The smallest absolute Gasteiger partial charge is 0.306 e. The molecule has 1 aliphatic rings. The zero-order chi connectivity index (χ0) is 11.4. The third-order valence-corrected chi connectivity index (χ3v) is 2.82. The summed E-state index contributed by atoms with van der Waals surface area (Å²) in [7, 11) is 0. The lowest BCUT2D eigenvalue weighted by Gasteiger charge is -2.14. The second-order valence-corrected chi connectivity index (χ2v) is 4.14. The number of carboxylic acid groups (broad SMARTS) is 1. The van der Waals surface area contributed by atoms with Crippen LogP contribution in [0.15, 0.2) is 0 Å². The Labute approximate surface area is 88.5 Å². The number of hydrogen-bond donors (Lipinski definition) is 3. The lowest BCUT2D eigenvalue weighted by molar-refractivity contribution is -0.141. The molecule has 1 aliphatic carbocycles. The molecule has 0 spiro atoms. The Balaban J connectivity index is 2.40. The Kier molecular flexibility index (Phi) is 4.08.